The maximum Gasteiger partial charge on any atom is 0.213 e. The molecule has 3 aromatic heterocycles. The Bertz CT molecular complexity index is 1250. The van der Waals surface area contributed by atoms with Crippen LogP contribution < -0.4 is 15.4 Å². The van der Waals surface area contributed by atoms with E-state index in [2.05, 4.69) is 25.8 Å². The van der Waals surface area contributed by atoms with E-state index in [9.17, 15) is 8.42 Å². The van der Waals surface area contributed by atoms with E-state index in [4.69, 9.17) is 9.72 Å². The lowest BCUT2D eigenvalue weighted by molar-refractivity contribution is 0.236. The molecular formula is C21H27N7O3S. The fraction of sp³-hybridized carbons (Fsp3) is 0.476. The first-order valence-corrected chi connectivity index (χ1v) is 12.5. The Morgan fingerprint density at radius 2 is 1.88 bits per heavy atom. The van der Waals surface area contributed by atoms with E-state index in [1.165, 1.54) is 6.26 Å². The van der Waals surface area contributed by atoms with E-state index in [0.29, 0.717) is 23.3 Å². The lowest BCUT2D eigenvalue weighted by atomic mass is 9.99. The second-order valence-electron chi connectivity index (χ2n) is 8.63. The summed E-state index contributed by atoms with van der Waals surface area (Å²) in [4.78, 5) is 9.39. The zero-order valence-electron chi connectivity index (χ0n) is 18.3. The minimum atomic E-state index is -3.19. The van der Waals surface area contributed by atoms with Crippen molar-refractivity contribution in [3.63, 3.8) is 0 Å². The monoisotopic (exact) mass is 457 g/mol. The quantitative estimate of drug-likeness (QED) is 0.516. The van der Waals surface area contributed by atoms with Gasteiger partial charge in [0.2, 0.25) is 15.9 Å². The minimum Gasteiger partial charge on any atom is -0.481 e. The van der Waals surface area contributed by atoms with Crippen molar-refractivity contribution in [1.29, 1.82) is 0 Å². The predicted molar refractivity (Wildman–Crippen MR) is 123 cm³/mol. The molecule has 2 aliphatic rings. The van der Waals surface area contributed by atoms with Crippen LogP contribution in [-0.2, 0) is 10.0 Å². The van der Waals surface area contributed by atoms with Gasteiger partial charge in [0, 0.05) is 47.4 Å². The fourth-order valence-corrected chi connectivity index (χ4v) is 6.46. The smallest absolute Gasteiger partial charge is 0.213 e. The SMILES string of the molecule is COc1ccc2c(NC3C[C@H]4CC[C@@H](C3)N4S(C)(=O)=O)nc(Nc3cc(C)[nH]n3)cc2n1. The Balaban J connectivity index is 1.46. The van der Waals surface area contributed by atoms with E-state index >= 15 is 0 Å². The molecule has 32 heavy (non-hydrogen) atoms. The molecule has 3 atom stereocenters. The second kappa shape index (κ2) is 7.89. The molecule has 0 spiro atoms. The van der Waals surface area contributed by atoms with Crippen LogP contribution in [0.3, 0.4) is 0 Å². The molecule has 0 radical (unpaired) electrons. The average Bonchev–Trinajstić information content (AvgIpc) is 3.27. The number of piperidine rings is 1. The van der Waals surface area contributed by atoms with E-state index < -0.39 is 10.0 Å². The van der Waals surface area contributed by atoms with Crippen LogP contribution in [0.25, 0.3) is 10.9 Å². The van der Waals surface area contributed by atoms with Gasteiger partial charge >= 0.3 is 0 Å². The van der Waals surface area contributed by atoms with E-state index in [0.717, 1.165) is 42.3 Å². The van der Waals surface area contributed by atoms with E-state index in [1.54, 1.807) is 11.4 Å². The lowest BCUT2D eigenvalue weighted by Crippen LogP contribution is -2.49. The summed E-state index contributed by atoms with van der Waals surface area (Å²) in [5.74, 6) is 2.52. The molecule has 11 heteroatoms. The van der Waals surface area contributed by atoms with Gasteiger partial charge in [0.15, 0.2) is 5.82 Å². The van der Waals surface area contributed by atoms with Gasteiger partial charge in [-0.3, -0.25) is 5.10 Å². The number of nitrogens with zero attached hydrogens (tertiary/aromatic N) is 4. The topological polar surface area (TPSA) is 125 Å². The van der Waals surface area contributed by atoms with Crippen LogP contribution in [0.15, 0.2) is 24.3 Å². The van der Waals surface area contributed by atoms with E-state index in [-0.39, 0.29) is 18.1 Å². The molecule has 0 aromatic carbocycles. The highest BCUT2D eigenvalue weighted by Crippen LogP contribution is 2.39. The molecule has 2 fully saturated rings. The van der Waals surface area contributed by atoms with Crippen molar-refractivity contribution in [3.05, 3.63) is 30.0 Å². The third-order valence-corrected chi connectivity index (χ3v) is 7.58. The number of methoxy groups -OCH3 is 1. The molecule has 10 nitrogen and oxygen atoms in total. The molecule has 0 aliphatic carbocycles. The van der Waals surface area contributed by atoms with Gasteiger partial charge in [-0.15, -0.1) is 0 Å². The first-order chi connectivity index (χ1) is 15.3. The van der Waals surface area contributed by atoms with Crippen LogP contribution in [0.4, 0.5) is 17.5 Å². The largest absolute Gasteiger partial charge is 0.481 e. The highest BCUT2D eigenvalue weighted by Gasteiger charge is 2.45. The summed E-state index contributed by atoms with van der Waals surface area (Å²) in [7, 11) is -1.60. The number of nitrogens with one attached hydrogen (secondary N) is 3. The van der Waals surface area contributed by atoms with Crippen LogP contribution in [0.1, 0.15) is 31.4 Å². The molecule has 0 amide bonds. The highest BCUT2D eigenvalue weighted by atomic mass is 32.2. The Labute approximate surface area is 186 Å². The Morgan fingerprint density at radius 3 is 2.50 bits per heavy atom. The first kappa shape index (κ1) is 21.0. The minimum absolute atomic E-state index is 0.0408. The summed E-state index contributed by atoms with van der Waals surface area (Å²) >= 11 is 0. The van der Waals surface area contributed by atoms with Crippen molar-refractivity contribution in [1.82, 2.24) is 24.5 Å². The second-order valence-corrected chi connectivity index (χ2v) is 10.5. The van der Waals surface area contributed by atoms with Gasteiger partial charge in [0.25, 0.3) is 0 Å². The normalized spacial score (nSPS) is 23.4. The van der Waals surface area contributed by atoms with Gasteiger partial charge in [0.1, 0.15) is 11.6 Å². The van der Waals surface area contributed by atoms with Crippen LogP contribution in [0.5, 0.6) is 5.88 Å². The molecule has 2 bridgehead atoms. The number of fused-ring (bicyclic) bond motifs is 3. The Hall–Kier alpha value is -2.92. The molecule has 1 unspecified atom stereocenters. The Kier molecular flexibility index (Phi) is 5.17. The van der Waals surface area contributed by atoms with Gasteiger partial charge in [-0.05, 0) is 38.7 Å². The van der Waals surface area contributed by atoms with Crippen molar-refractivity contribution in [3.8, 4) is 5.88 Å². The third-order valence-electron chi connectivity index (χ3n) is 6.22. The number of H-pyrrole nitrogens is 1. The molecular weight excluding hydrogens is 430 g/mol. The average molecular weight is 458 g/mol. The summed E-state index contributed by atoms with van der Waals surface area (Å²) in [5.41, 5.74) is 1.69. The van der Waals surface area contributed by atoms with Crippen molar-refractivity contribution in [2.75, 3.05) is 24.0 Å². The summed E-state index contributed by atoms with van der Waals surface area (Å²) in [6.07, 6.45) is 4.64. The van der Waals surface area contributed by atoms with Crippen molar-refractivity contribution >= 4 is 38.4 Å². The molecule has 2 saturated heterocycles. The number of ether oxygens (including phenoxy) is 1. The molecule has 5 rings (SSSR count). The maximum absolute atomic E-state index is 12.2. The number of aromatic nitrogens is 4. The molecule has 3 aromatic rings. The molecule has 2 aliphatic heterocycles. The predicted octanol–water partition coefficient (Wildman–Crippen LogP) is 2.78. The van der Waals surface area contributed by atoms with Crippen molar-refractivity contribution < 1.29 is 13.2 Å². The molecule has 170 valence electrons. The number of hydrogen-bond acceptors (Lipinski definition) is 8. The lowest BCUT2D eigenvalue weighted by Gasteiger charge is -2.37. The number of pyridine rings is 2. The standard InChI is InChI=1S/C21H27N7O3S/c1-12-8-19(27-26-12)24-18-11-17-16(6-7-20(23-17)31-2)21(25-18)22-13-9-14-4-5-15(10-13)28(14)32(3,29)30/h6-8,11,13-15H,4-5,9-10H2,1-3H3,(H3,22,24,25,26,27)/t13?,14-,15+. The summed E-state index contributed by atoms with van der Waals surface area (Å²) in [6, 6.07) is 7.73. The number of aromatic amines is 1. The van der Waals surface area contributed by atoms with Crippen LogP contribution in [0.2, 0.25) is 0 Å². The van der Waals surface area contributed by atoms with E-state index in [1.807, 2.05) is 31.2 Å². The van der Waals surface area contributed by atoms with Crippen LogP contribution >= 0.6 is 0 Å². The van der Waals surface area contributed by atoms with Crippen LogP contribution in [-0.4, -0.2) is 64.4 Å². The van der Waals surface area contributed by atoms with Gasteiger partial charge in [0.05, 0.1) is 18.9 Å². The molecule has 3 N–H and O–H groups in total. The van der Waals surface area contributed by atoms with Gasteiger partial charge in [-0.1, -0.05) is 0 Å². The number of anilines is 3. The van der Waals surface area contributed by atoms with Gasteiger partial charge < -0.3 is 15.4 Å². The zero-order chi connectivity index (χ0) is 22.5. The number of hydrogen-bond donors (Lipinski definition) is 3. The molecule has 0 saturated carbocycles. The number of aryl methyl sites for hydroxylation is 1. The third kappa shape index (κ3) is 3.97. The summed E-state index contributed by atoms with van der Waals surface area (Å²) < 4.78 is 31.5. The number of sulfonamides is 1. The van der Waals surface area contributed by atoms with Crippen LogP contribution in [0, 0.1) is 6.92 Å². The Morgan fingerprint density at radius 1 is 1.12 bits per heavy atom. The zero-order valence-corrected chi connectivity index (χ0v) is 19.1. The first-order valence-electron chi connectivity index (χ1n) is 10.7. The summed E-state index contributed by atoms with van der Waals surface area (Å²) in [6.45, 7) is 1.93. The van der Waals surface area contributed by atoms with Crippen molar-refractivity contribution in [2.45, 2.75) is 50.7 Å². The molecule has 5 heterocycles. The summed E-state index contributed by atoms with van der Waals surface area (Å²) in [5, 5.41) is 14.8. The van der Waals surface area contributed by atoms with Gasteiger partial charge in [-0.25, -0.2) is 18.4 Å². The van der Waals surface area contributed by atoms with Gasteiger partial charge in [-0.2, -0.15) is 9.40 Å². The maximum atomic E-state index is 12.2. The number of rotatable bonds is 6. The highest BCUT2D eigenvalue weighted by molar-refractivity contribution is 7.88. The fourth-order valence-electron chi connectivity index (χ4n) is 5.00. The van der Waals surface area contributed by atoms with Crippen molar-refractivity contribution in [2.24, 2.45) is 0 Å².